The van der Waals surface area contributed by atoms with Gasteiger partial charge in [-0.2, -0.15) is 0 Å². The first-order chi connectivity index (χ1) is 10.0. The molecule has 0 spiro atoms. The average Bonchev–Trinajstić information content (AvgIpc) is 2.42. The second-order valence-electron chi connectivity index (χ2n) is 4.51. The lowest BCUT2D eigenvalue weighted by atomic mass is 10.3. The third-order valence-electron chi connectivity index (χ3n) is 2.85. The number of hydrogen-bond acceptors (Lipinski definition) is 6. The van der Waals surface area contributed by atoms with Gasteiger partial charge in [0.05, 0.1) is 6.61 Å². The Balaban J connectivity index is 2.71. The lowest BCUT2D eigenvalue weighted by Gasteiger charge is -2.13. The Morgan fingerprint density at radius 1 is 1.38 bits per heavy atom. The zero-order chi connectivity index (χ0) is 15.8. The Bertz CT molecular complexity index is 591. The van der Waals surface area contributed by atoms with Crippen molar-refractivity contribution >= 4 is 17.5 Å². The number of nitrogens with two attached hydrogens (primary N) is 1. The summed E-state index contributed by atoms with van der Waals surface area (Å²) in [5.41, 5.74) is 4.94. The summed E-state index contributed by atoms with van der Waals surface area (Å²) in [5, 5.41) is 2.87. The number of nitrogens with one attached hydrogen (secondary N) is 2. The SMILES string of the molecule is CCCn1c(N)c(NCCCC(=O)OCC)c(=O)[nH]c1=O. The average molecular weight is 298 g/mol. The first kappa shape index (κ1) is 16.8. The fourth-order valence-electron chi connectivity index (χ4n) is 1.88. The van der Waals surface area contributed by atoms with E-state index < -0.39 is 11.2 Å². The molecule has 8 heteroatoms. The molecule has 21 heavy (non-hydrogen) atoms. The highest BCUT2D eigenvalue weighted by Gasteiger charge is 2.11. The van der Waals surface area contributed by atoms with E-state index in [9.17, 15) is 14.4 Å². The van der Waals surface area contributed by atoms with Crippen LogP contribution in [0.15, 0.2) is 9.59 Å². The van der Waals surface area contributed by atoms with Crippen LogP contribution in [0.1, 0.15) is 33.1 Å². The van der Waals surface area contributed by atoms with E-state index in [-0.39, 0.29) is 23.9 Å². The van der Waals surface area contributed by atoms with Crippen LogP contribution in [0.3, 0.4) is 0 Å². The molecule has 0 aliphatic carbocycles. The predicted molar refractivity (Wildman–Crippen MR) is 80.4 cm³/mol. The Morgan fingerprint density at radius 2 is 2.10 bits per heavy atom. The minimum absolute atomic E-state index is 0.113. The maximum atomic E-state index is 11.7. The van der Waals surface area contributed by atoms with Crippen molar-refractivity contribution in [2.24, 2.45) is 0 Å². The number of aromatic amines is 1. The van der Waals surface area contributed by atoms with Crippen molar-refractivity contribution in [1.29, 1.82) is 0 Å². The Kier molecular flexibility index (Phi) is 6.51. The van der Waals surface area contributed by atoms with Gasteiger partial charge in [-0.25, -0.2) is 4.79 Å². The monoisotopic (exact) mass is 298 g/mol. The van der Waals surface area contributed by atoms with Gasteiger partial charge in [-0.1, -0.05) is 6.92 Å². The zero-order valence-electron chi connectivity index (χ0n) is 12.4. The maximum Gasteiger partial charge on any atom is 0.330 e. The van der Waals surface area contributed by atoms with E-state index in [0.717, 1.165) is 6.42 Å². The van der Waals surface area contributed by atoms with Gasteiger partial charge in [-0.05, 0) is 19.8 Å². The van der Waals surface area contributed by atoms with E-state index in [0.29, 0.717) is 26.1 Å². The lowest BCUT2D eigenvalue weighted by Crippen LogP contribution is -2.34. The largest absolute Gasteiger partial charge is 0.466 e. The number of ether oxygens (including phenoxy) is 1. The third kappa shape index (κ3) is 4.66. The number of carbonyl (C=O) groups excluding carboxylic acids is 1. The van der Waals surface area contributed by atoms with Gasteiger partial charge in [-0.3, -0.25) is 19.1 Å². The fourth-order valence-corrected chi connectivity index (χ4v) is 1.88. The first-order valence-corrected chi connectivity index (χ1v) is 7.03. The van der Waals surface area contributed by atoms with Crippen LogP contribution in [0.25, 0.3) is 0 Å². The number of esters is 1. The van der Waals surface area contributed by atoms with Crippen LogP contribution in [-0.4, -0.2) is 28.7 Å². The quantitative estimate of drug-likeness (QED) is 0.468. The van der Waals surface area contributed by atoms with E-state index in [1.165, 1.54) is 4.57 Å². The maximum absolute atomic E-state index is 11.7. The van der Waals surface area contributed by atoms with Gasteiger partial charge < -0.3 is 15.8 Å². The van der Waals surface area contributed by atoms with Gasteiger partial charge in [0.1, 0.15) is 11.5 Å². The van der Waals surface area contributed by atoms with Crippen molar-refractivity contribution in [3.63, 3.8) is 0 Å². The molecule has 1 rings (SSSR count). The number of anilines is 2. The van der Waals surface area contributed by atoms with Crippen LogP contribution < -0.4 is 22.3 Å². The zero-order valence-corrected chi connectivity index (χ0v) is 12.4. The second kappa shape index (κ2) is 8.13. The summed E-state index contributed by atoms with van der Waals surface area (Å²) in [6.07, 6.45) is 1.48. The molecule has 0 aliphatic heterocycles. The molecule has 0 saturated carbocycles. The number of rotatable bonds is 8. The molecule has 0 unspecified atom stereocenters. The Labute approximate surface area is 122 Å². The first-order valence-electron chi connectivity index (χ1n) is 7.03. The van der Waals surface area contributed by atoms with E-state index >= 15 is 0 Å². The number of nitrogen functional groups attached to an aromatic ring is 1. The molecule has 0 amide bonds. The number of carbonyl (C=O) groups is 1. The summed E-state index contributed by atoms with van der Waals surface area (Å²) < 4.78 is 6.12. The van der Waals surface area contributed by atoms with Crippen molar-refractivity contribution in [1.82, 2.24) is 9.55 Å². The van der Waals surface area contributed by atoms with Crippen LogP contribution in [0, 0.1) is 0 Å². The number of H-pyrrole nitrogens is 1. The summed E-state index contributed by atoms with van der Waals surface area (Å²) in [6.45, 7) is 4.81. The molecule has 8 nitrogen and oxygen atoms in total. The van der Waals surface area contributed by atoms with Gasteiger partial charge in [0.25, 0.3) is 5.56 Å². The minimum atomic E-state index is -0.555. The molecule has 0 atom stereocenters. The van der Waals surface area contributed by atoms with E-state index in [1.54, 1.807) is 6.92 Å². The highest BCUT2D eigenvalue weighted by atomic mass is 16.5. The number of hydrogen-bond donors (Lipinski definition) is 3. The third-order valence-corrected chi connectivity index (χ3v) is 2.85. The molecule has 1 heterocycles. The lowest BCUT2D eigenvalue weighted by molar-refractivity contribution is -0.143. The Morgan fingerprint density at radius 3 is 2.71 bits per heavy atom. The molecule has 1 aromatic rings. The molecule has 1 aromatic heterocycles. The predicted octanol–water partition coefficient (Wildman–Crippen LogP) is 0.284. The molecular formula is C13H22N4O4. The van der Waals surface area contributed by atoms with E-state index in [1.807, 2.05) is 6.92 Å². The van der Waals surface area contributed by atoms with Crippen LogP contribution in [0.4, 0.5) is 11.5 Å². The van der Waals surface area contributed by atoms with Gasteiger partial charge in [0.15, 0.2) is 0 Å². The van der Waals surface area contributed by atoms with E-state index in [2.05, 4.69) is 10.3 Å². The molecule has 0 bridgehead atoms. The molecule has 0 saturated heterocycles. The molecular weight excluding hydrogens is 276 g/mol. The van der Waals surface area contributed by atoms with Gasteiger partial charge in [-0.15, -0.1) is 0 Å². The van der Waals surface area contributed by atoms with Crippen LogP contribution in [0.2, 0.25) is 0 Å². The molecule has 0 aromatic carbocycles. The van der Waals surface area contributed by atoms with E-state index in [4.69, 9.17) is 10.5 Å². The summed E-state index contributed by atoms with van der Waals surface area (Å²) in [7, 11) is 0. The van der Waals surface area contributed by atoms with Crippen molar-refractivity contribution in [2.45, 2.75) is 39.7 Å². The smallest absolute Gasteiger partial charge is 0.330 e. The van der Waals surface area contributed by atoms with Crippen molar-refractivity contribution < 1.29 is 9.53 Å². The normalized spacial score (nSPS) is 10.4. The number of nitrogens with zero attached hydrogens (tertiary/aromatic N) is 1. The molecule has 0 radical (unpaired) electrons. The molecule has 4 N–H and O–H groups in total. The van der Waals surface area contributed by atoms with Crippen molar-refractivity contribution in [2.75, 3.05) is 24.2 Å². The highest BCUT2D eigenvalue weighted by molar-refractivity contribution is 5.69. The minimum Gasteiger partial charge on any atom is -0.466 e. The summed E-state index contributed by atoms with van der Waals surface area (Å²) in [5.74, 6) is -0.168. The number of aromatic nitrogens is 2. The summed E-state index contributed by atoms with van der Waals surface area (Å²) in [4.78, 5) is 36.8. The van der Waals surface area contributed by atoms with Gasteiger partial charge >= 0.3 is 11.7 Å². The van der Waals surface area contributed by atoms with Crippen LogP contribution in [-0.2, 0) is 16.1 Å². The van der Waals surface area contributed by atoms with Crippen LogP contribution >= 0.6 is 0 Å². The molecule has 0 aliphatic rings. The topological polar surface area (TPSA) is 119 Å². The van der Waals surface area contributed by atoms with Gasteiger partial charge in [0, 0.05) is 19.5 Å². The highest BCUT2D eigenvalue weighted by Crippen LogP contribution is 2.10. The van der Waals surface area contributed by atoms with Crippen molar-refractivity contribution in [3.05, 3.63) is 20.8 Å². The molecule has 0 fully saturated rings. The van der Waals surface area contributed by atoms with Gasteiger partial charge in [0.2, 0.25) is 0 Å². The summed E-state index contributed by atoms with van der Waals surface area (Å²) >= 11 is 0. The molecule has 118 valence electrons. The second-order valence-corrected chi connectivity index (χ2v) is 4.51. The fraction of sp³-hybridized carbons (Fsp3) is 0.615. The van der Waals surface area contributed by atoms with Crippen LogP contribution in [0.5, 0.6) is 0 Å². The summed E-state index contributed by atoms with van der Waals surface area (Å²) in [6, 6.07) is 0. The van der Waals surface area contributed by atoms with Crippen molar-refractivity contribution in [3.8, 4) is 0 Å². The standard InChI is InChI=1S/C13H22N4O4/c1-3-8-17-11(14)10(12(19)16-13(17)20)15-7-5-6-9(18)21-4-2/h15H,3-8,14H2,1-2H3,(H,16,19,20). The Hall–Kier alpha value is -2.25.